The molecule has 2 aromatic rings. The maximum absolute atomic E-state index is 12.7. The maximum Gasteiger partial charge on any atom is 0.316 e. The highest BCUT2D eigenvalue weighted by atomic mass is 32.2. The van der Waals surface area contributed by atoms with Crippen LogP contribution in [0.5, 0.6) is 0 Å². The lowest BCUT2D eigenvalue weighted by Gasteiger charge is -2.14. The van der Waals surface area contributed by atoms with Gasteiger partial charge in [-0.3, -0.25) is 14.2 Å². The van der Waals surface area contributed by atoms with Gasteiger partial charge in [0.05, 0.1) is 18.2 Å². The Labute approximate surface area is 131 Å². The van der Waals surface area contributed by atoms with Gasteiger partial charge >= 0.3 is 5.97 Å². The summed E-state index contributed by atoms with van der Waals surface area (Å²) in [5.74, 6) is -0.187. The van der Waals surface area contributed by atoms with Crippen LogP contribution < -0.4 is 5.56 Å². The highest BCUT2D eigenvalue weighted by Gasteiger charge is 2.19. The fourth-order valence-corrected chi connectivity index (χ4v) is 4.06. The third-order valence-electron chi connectivity index (χ3n) is 3.27. The Kier molecular flexibility index (Phi) is 4.73. The zero-order chi connectivity index (χ0) is 15.7. The van der Waals surface area contributed by atoms with Gasteiger partial charge in [-0.25, -0.2) is 4.98 Å². The van der Waals surface area contributed by atoms with E-state index in [4.69, 9.17) is 0 Å². The van der Waals surface area contributed by atoms with E-state index in [0.29, 0.717) is 10.5 Å². The van der Waals surface area contributed by atoms with Crippen LogP contribution in [-0.4, -0.2) is 28.4 Å². The van der Waals surface area contributed by atoms with Crippen LogP contribution >= 0.6 is 23.1 Å². The van der Waals surface area contributed by atoms with Crippen molar-refractivity contribution in [3.8, 4) is 0 Å². The summed E-state index contributed by atoms with van der Waals surface area (Å²) in [7, 11) is 1.35. The van der Waals surface area contributed by atoms with Crippen molar-refractivity contribution in [2.24, 2.45) is 0 Å². The molecule has 2 heterocycles. The maximum atomic E-state index is 12.7. The molecule has 0 fully saturated rings. The highest BCUT2D eigenvalue weighted by molar-refractivity contribution is 7.99. The number of hydrogen-bond acceptors (Lipinski definition) is 6. The van der Waals surface area contributed by atoms with Gasteiger partial charge in [-0.2, -0.15) is 0 Å². The minimum Gasteiger partial charge on any atom is -0.468 e. The second-order valence-electron chi connectivity index (χ2n) is 4.99. The molecule has 114 valence electrons. The molecule has 21 heavy (non-hydrogen) atoms. The number of nitrogens with zero attached hydrogens (tertiary/aromatic N) is 2. The van der Waals surface area contributed by atoms with Crippen LogP contribution in [-0.2, 0) is 9.53 Å². The number of hydrogen-bond donors (Lipinski definition) is 0. The normalized spacial score (nSPS) is 11.3. The van der Waals surface area contributed by atoms with E-state index in [9.17, 15) is 9.59 Å². The Morgan fingerprint density at radius 3 is 2.67 bits per heavy atom. The minimum atomic E-state index is -0.330. The SMILES string of the molecule is COC(=O)CSc1nc2sc(C)c(C)c2c(=O)n1C(C)C. The molecule has 0 amide bonds. The van der Waals surface area contributed by atoms with Crippen molar-refractivity contribution in [1.82, 2.24) is 9.55 Å². The van der Waals surface area contributed by atoms with Crippen LogP contribution in [0.4, 0.5) is 0 Å². The number of esters is 1. The molecule has 0 unspecified atom stereocenters. The smallest absolute Gasteiger partial charge is 0.316 e. The second-order valence-corrected chi connectivity index (χ2v) is 7.14. The van der Waals surface area contributed by atoms with Crippen LogP contribution in [0.3, 0.4) is 0 Å². The zero-order valence-electron chi connectivity index (χ0n) is 12.7. The van der Waals surface area contributed by atoms with Gasteiger partial charge in [0, 0.05) is 10.9 Å². The van der Waals surface area contributed by atoms with Crippen molar-refractivity contribution in [3.05, 3.63) is 20.8 Å². The summed E-state index contributed by atoms with van der Waals surface area (Å²) >= 11 is 2.75. The third-order valence-corrected chi connectivity index (χ3v) is 5.29. The lowest BCUT2D eigenvalue weighted by atomic mass is 10.2. The number of rotatable bonds is 4. The van der Waals surface area contributed by atoms with Crippen LogP contribution in [0.1, 0.15) is 30.3 Å². The van der Waals surface area contributed by atoms with Gasteiger partial charge in [-0.05, 0) is 33.3 Å². The Morgan fingerprint density at radius 1 is 1.43 bits per heavy atom. The van der Waals surface area contributed by atoms with E-state index >= 15 is 0 Å². The molecule has 7 heteroatoms. The summed E-state index contributed by atoms with van der Waals surface area (Å²) < 4.78 is 6.29. The number of fused-ring (bicyclic) bond motifs is 1. The molecular weight excluding hydrogens is 308 g/mol. The fraction of sp³-hybridized carbons (Fsp3) is 0.500. The monoisotopic (exact) mass is 326 g/mol. The van der Waals surface area contributed by atoms with Crippen molar-refractivity contribution in [2.75, 3.05) is 12.9 Å². The summed E-state index contributed by atoms with van der Waals surface area (Å²) in [4.78, 5) is 30.5. The number of thiophene rings is 1. The largest absolute Gasteiger partial charge is 0.468 e. The predicted octanol–water partition coefficient (Wildman–Crippen LogP) is 2.92. The quantitative estimate of drug-likeness (QED) is 0.491. The van der Waals surface area contributed by atoms with Crippen molar-refractivity contribution in [1.29, 1.82) is 0 Å². The molecule has 0 aromatic carbocycles. The number of methoxy groups -OCH3 is 1. The lowest BCUT2D eigenvalue weighted by Crippen LogP contribution is -2.25. The molecule has 0 aliphatic heterocycles. The third kappa shape index (κ3) is 2.98. The summed E-state index contributed by atoms with van der Waals surface area (Å²) in [6.07, 6.45) is 0. The van der Waals surface area contributed by atoms with Gasteiger partial charge < -0.3 is 4.74 Å². The first-order chi connectivity index (χ1) is 9.86. The molecule has 0 atom stereocenters. The standard InChI is InChI=1S/C14H18N2O3S2/c1-7(2)16-13(18)11-8(3)9(4)21-12(11)15-14(16)20-6-10(17)19-5/h7H,6H2,1-5H3. The average molecular weight is 326 g/mol. The molecule has 2 rings (SSSR count). The lowest BCUT2D eigenvalue weighted by molar-refractivity contribution is -0.137. The highest BCUT2D eigenvalue weighted by Crippen LogP contribution is 2.29. The summed E-state index contributed by atoms with van der Waals surface area (Å²) in [5.41, 5.74) is 0.954. The topological polar surface area (TPSA) is 61.2 Å². The van der Waals surface area contributed by atoms with Gasteiger partial charge in [0.15, 0.2) is 5.16 Å². The van der Waals surface area contributed by atoms with Gasteiger partial charge in [0.25, 0.3) is 5.56 Å². The van der Waals surface area contributed by atoms with Crippen LogP contribution in [0.15, 0.2) is 9.95 Å². The van der Waals surface area contributed by atoms with Gasteiger partial charge in [0.1, 0.15) is 4.83 Å². The summed E-state index contributed by atoms with van der Waals surface area (Å²) in [5, 5.41) is 1.25. The van der Waals surface area contributed by atoms with E-state index in [0.717, 1.165) is 15.3 Å². The minimum absolute atomic E-state index is 0.0193. The Morgan fingerprint density at radius 2 is 2.10 bits per heavy atom. The average Bonchev–Trinajstić information content (AvgIpc) is 2.71. The predicted molar refractivity (Wildman–Crippen MR) is 86.5 cm³/mol. The van der Waals surface area contributed by atoms with E-state index in [1.807, 2.05) is 27.7 Å². The first-order valence-corrected chi connectivity index (χ1v) is 8.38. The zero-order valence-corrected chi connectivity index (χ0v) is 14.4. The molecule has 0 saturated heterocycles. The molecule has 0 aliphatic rings. The van der Waals surface area contributed by atoms with E-state index in [1.165, 1.54) is 30.2 Å². The number of thioether (sulfide) groups is 1. The molecule has 5 nitrogen and oxygen atoms in total. The number of carbonyl (C=O) groups excluding carboxylic acids is 1. The van der Waals surface area contributed by atoms with E-state index in [1.54, 1.807) is 4.57 Å². The Bertz CT molecular complexity index is 747. The number of aryl methyl sites for hydroxylation is 2. The van der Waals surface area contributed by atoms with Crippen molar-refractivity contribution >= 4 is 39.3 Å². The van der Waals surface area contributed by atoms with E-state index in [-0.39, 0.29) is 23.3 Å². The second kappa shape index (κ2) is 6.19. The Hall–Kier alpha value is -1.34. The number of carbonyl (C=O) groups is 1. The molecule has 0 aliphatic carbocycles. The molecular formula is C14H18N2O3S2. The van der Waals surface area contributed by atoms with Crippen LogP contribution in [0.25, 0.3) is 10.2 Å². The molecule has 0 saturated carbocycles. The molecule has 0 spiro atoms. The fourth-order valence-electron chi connectivity index (χ4n) is 2.03. The number of aromatic nitrogens is 2. The van der Waals surface area contributed by atoms with Gasteiger partial charge in [0.2, 0.25) is 0 Å². The van der Waals surface area contributed by atoms with Crippen molar-refractivity contribution in [2.45, 2.75) is 38.9 Å². The number of ether oxygens (including phenoxy) is 1. The summed E-state index contributed by atoms with van der Waals surface area (Å²) in [6.45, 7) is 7.81. The van der Waals surface area contributed by atoms with E-state index < -0.39 is 0 Å². The van der Waals surface area contributed by atoms with Gasteiger partial charge in [-0.1, -0.05) is 11.8 Å². The Balaban J connectivity index is 2.61. The van der Waals surface area contributed by atoms with Crippen molar-refractivity contribution in [3.63, 3.8) is 0 Å². The van der Waals surface area contributed by atoms with Gasteiger partial charge in [-0.15, -0.1) is 11.3 Å². The first kappa shape index (κ1) is 16.0. The molecule has 0 N–H and O–H groups in total. The van der Waals surface area contributed by atoms with E-state index in [2.05, 4.69) is 9.72 Å². The molecule has 2 aromatic heterocycles. The van der Waals surface area contributed by atoms with Crippen LogP contribution in [0.2, 0.25) is 0 Å². The first-order valence-electron chi connectivity index (χ1n) is 6.58. The molecule has 0 radical (unpaired) electrons. The summed E-state index contributed by atoms with van der Waals surface area (Å²) in [6, 6.07) is -0.0193. The van der Waals surface area contributed by atoms with Crippen LogP contribution in [0, 0.1) is 13.8 Å². The molecule has 0 bridgehead atoms. The van der Waals surface area contributed by atoms with Crippen molar-refractivity contribution < 1.29 is 9.53 Å².